The summed E-state index contributed by atoms with van der Waals surface area (Å²) in [6.45, 7) is 0.703. The van der Waals surface area contributed by atoms with Crippen molar-refractivity contribution >= 4 is 11.3 Å². The number of nitrogens with zero attached hydrogens (tertiary/aromatic N) is 1. The van der Waals surface area contributed by atoms with Gasteiger partial charge in [-0.05, 0) is 25.0 Å². The van der Waals surface area contributed by atoms with E-state index >= 15 is 0 Å². The van der Waals surface area contributed by atoms with Crippen LogP contribution in [0, 0.1) is 17.5 Å². The lowest BCUT2D eigenvalue weighted by molar-refractivity contribution is 0.447. The number of thiazole rings is 1. The van der Waals surface area contributed by atoms with Gasteiger partial charge in [0.1, 0.15) is 5.01 Å². The molecule has 1 heterocycles. The van der Waals surface area contributed by atoms with Crippen molar-refractivity contribution < 1.29 is 13.2 Å². The summed E-state index contributed by atoms with van der Waals surface area (Å²) in [6, 6.07) is 2.52. The fraction of sp³-hybridized carbons (Fsp3) is 0.308. The van der Waals surface area contributed by atoms with Gasteiger partial charge in [-0.1, -0.05) is 0 Å². The molecule has 0 radical (unpaired) electrons. The maximum Gasteiger partial charge on any atom is 0.194 e. The Labute approximate surface area is 112 Å². The molecule has 0 bridgehead atoms. The molecule has 1 aromatic carbocycles. The molecule has 3 rings (SSSR count). The molecule has 1 fully saturated rings. The van der Waals surface area contributed by atoms with E-state index in [1.807, 2.05) is 0 Å². The molecule has 1 aliphatic carbocycles. The molecular weight excluding hydrogens is 273 g/mol. The van der Waals surface area contributed by atoms with Gasteiger partial charge in [0.15, 0.2) is 17.5 Å². The first kappa shape index (κ1) is 12.6. The topological polar surface area (TPSA) is 24.9 Å². The van der Waals surface area contributed by atoms with Crippen LogP contribution >= 0.6 is 11.3 Å². The fourth-order valence-electron chi connectivity index (χ4n) is 1.73. The van der Waals surface area contributed by atoms with Crippen molar-refractivity contribution in [2.24, 2.45) is 0 Å². The number of rotatable bonds is 4. The fourth-order valence-corrected chi connectivity index (χ4v) is 2.58. The van der Waals surface area contributed by atoms with Crippen molar-refractivity contribution in [3.63, 3.8) is 0 Å². The zero-order valence-electron chi connectivity index (χ0n) is 9.92. The minimum Gasteiger partial charge on any atom is -0.309 e. The van der Waals surface area contributed by atoms with E-state index in [1.54, 1.807) is 6.20 Å². The Balaban J connectivity index is 1.81. The molecule has 2 nitrogen and oxygen atoms in total. The second-order valence-electron chi connectivity index (χ2n) is 4.54. The smallest absolute Gasteiger partial charge is 0.194 e. The number of halogens is 3. The van der Waals surface area contributed by atoms with Crippen LogP contribution in [0.3, 0.4) is 0 Å². The Morgan fingerprint density at radius 1 is 1.21 bits per heavy atom. The minimum absolute atomic E-state index is 0.263. The molecule has 0 spiro atoms. The Bertz CT molecular complexity index is 585. The Kier molecular flexibility index (Phi) is 3.28. The predicted octanol–water partition coefficient (Wildman–Crippen LogP) is 3.48. The van der Waals surface area contributed by atoms with Crippen molar-refractivity contribution in [1.29, 1.82) is 0 Å². The van der Waals surface area contributed by atoms with E-state index in [-0.39, 0.29) is 5.56 Å². The summed E-state index contributed by atoms with van der Waals surface area (Å²) in [5.41, 5.74) is 0.263. The standard InChI is InChI=1S/C13H11F3N2S/c14-10-3-7(4-11(15)12(10)16)13-18-6-9(19-13)5-17-8-1-2-8/h3-4,6,8,17H,1-2,5H2. The largest absolute Gasteiger partial charge is 0.309 e. The van der Waals surface area contributed by atoms with E-state index in [0.29, 0.717) is 17.6 Å². The number of benzene rings is 1. The van der Waals surface area contributed by atoms with Crippen molar-refractivity contribution in [3.8, 4) is 10.6 Å². The monoisotopic (exact) mass is 284 g/mol. The van der Waals surface area contributed by atoms with E-state index in [4.69, 9.17) is 0 Å². The van der Waals surface area contributed by atoms with Crippen LogP contribution in [-0.4, -0.2) is 11.0 Å². The summed E-state index contributed by atoms with van der Waals surface area (Å²) < 4.78 is 39.2. The average molecular weight is 284 g/mol. The Morgan fingerprint density at radius 3 is 2.53 bits per heavy atom. The lowest BCUT2D eigenvalue weighted by Crippen LogP contribution is -2.14. The highest BCUT2D eigenvalue weighted by molar-refractivity contribution is 7.15. The zero-order chi connectivity index (χ0) is 13.4. The van der Waals surface area contributed by atoms with Crippen LogP contribution in [0.1, 0.15) is 17.7 Å². The Hall–Kier alpha value is -1.40. The van der Waals surface area contributed by atoms with E-state index in [2.05, 4.69) is 10.3 Å². The van der Waals surface area contributed by atoms with Gasteiger partial charge in [-0.25, -0.2) is 18.2 Å². The van der Waals surface area contributed by atoms with Crippen LogP contribution in [0.4, 0.5) is 13.2 Å². The zero-order valence-corrected chi connectivity index (χ0v) is 10.7. The SMILES string of the molecule is Fc1cc(-c2ncc(CNC3CC3)s2)cc(F)c1F. The van der Waals surface area contributed by atoms with Gasteiger partial charge in [-0.3, -0.25) is 0 Å². The lowest BCUT2D eigenvalue weighted by atomic mass is 10.2. The number of nitrogens with one attached hydrogen (secondary N) is 1. The van der Waals surface area contributed by atoms with Gasteiger partial charge in [-0.2, -0.15) is 0 Å². The molecule has 0 amide bonds. The first-order chi connectivity index (χ1) is 9.13. The van der Waals surface area contributed by atoms with E-state index in [0.717, 1.165) is 17.0 Å². The second-order valence-corrected chi connectivity index (χ2v) is 5.66. The molecule has 1 saturated carbocycles. The first-order valence-electron chi connectivity index (χ1n) is 5.96. The number of aromatic nitrogens is 1. The van der Waals surface area contributed by atoms with Gasteiger partial charge in [0.25, 0.3) is 0 Å². The average Bonchev–Trinajstić information content (AvgIpc) is 3.10. The predicted molar refractivity (Wildman–Crippen MR) is 67.3 cm³/mol. The molecule has 100 valence electrons. The summed E-state index contributed by atoms with van der Waals surface area (Å²) >= 11 is 1.35. The third kappa shape index (κ3) is 2.79. The summed E-state index contributed by atoms with van der Waals surface area (Å²) in [5, 5.41) is 3.82. The first-order valence-corrected chi connectivity index (χ1v) is 6.78. The molecule has 2 aromatic rings. The highest BCUT2D eigenvalue weighted by atomic mass is 32.1. The summed E-state index contributed by atoms with van der Waals surface area (Å²) in [7, 11) is 0. The molecular formula is C13H11F3N2S. The van der Waals surface area contributed by atoms with E-state index in [1.165, 1.54) is 24.2 Å². The van der Waals surface area contributed by atoms with Gasteiger partial charge < -0.3 is 5.32 Å². The van der Waals surface area contributed by atoms with Gasteiger partial charge in [0, 0.05) is 29.2 Å². The van der Waals surface area contributed by atoms with Crippen molar-refractivity contribution in [1.82, 2.24) is 10.3 Å². The Morgan fingerprint density at radius 2 is 1.89 bits per heavy atom. The molecule has 0 unspecified atom stereocenters. The van der Waals surface area contributed by atoms with Gasteiger partial charge in [0.05, 0.1) is 0 Å². The number of hydrogen-bond donors (Lipinski definition) is 1. The number of hydrogen-bond acceptors (Lipinski definition) is 3. The molecule has 1 aromatic heterocycles. The molecule has 0 saturated heterocycles. The van der Waals surface area contributed by atoms with Crippen LogP contribution in [-0.2, 0) is 6.54 Å². The van der Waals surface area contributed by atoms with Gasteiger partial charge in [-0.15, -0.1) is 11.3 Å². The molecule has 19 heavy (non-hydrogen) atoms. The summed E-state index contributed by atoms with van der Waals surface area (Å²) in [6.07, 6.45) is 4.06. The highest BCUT2D eigenvalue weighted by Crippen LogP contribution is 2.28. The third-order valence-corrected chi connectivity index (χ3v) is 3.97. The van der Waals surface area contributed by atoms with Crippen LogP contribution in [0.5, 0.6) is 0 Å². The summed E-state index contributed by atoms with van der Waals surface area (Å²) in [4.78, 5) is 5.11. The second kappa shape index (κ2) is 4.94. The minimum atomic E-state index is -1.45. The van der Waals surface area contributed by atoms with Crippen LogP contribution < -0.4 is 5.32 Å². The lowest BCUT2D eigenvalue weighted by Gasteiger charge is -2.00. The van der Waals surface area contributed by atoms with Gasteiger partial charge >= 0.3 is 0 Å². The maximum atomic E-state index is 13.1. The van der Waals surface area contributed by atoms with Crippen LogP contribution in [0.15, 0.2) is 18.3 Å². The quantitative estimate of drug-likeness (QED) is 0.869. The molecule has 6 heteroatoms. The molecule has 1 N–H and O–H groups in total. The van der Waals surface area contributed by atoms with Crippen LogP contribution in [0.2, 0.25) is 0 Å². The van der Waals surface area contributed by atoms with Crippen molar-refractivity contribution in [2.75, 3.05) is 0 Å². The molecule has 0 atom stereocenters. The van der Waals surface area contributed by atoms with Gasteiger partial charge in [0.2, 0.25) is 0 Å². The normalized spacial score (nSPS) is 14.9. The third-order valence-electron chi connectivity index (χ3n) is 2.93. The van der Waals surface area contributed by atoms with E-state index in [9.17, 15) is 13.2 Å². The van der Waals surface area contributed by atoms with Crippen LogP contribution in [0.25, 0.3) is 10.6 Å². The van der Waals surface area contributed by atoms with E-state index < -0.39 is 17.5 Å². The maximum absolute atomic E-state index is 13.1. The van der Waals surface area contributed by atoms with Crippen molar-refractivity contribution in [3.05, 3.63) is 40.7 Å². The summed E-state index contributed by atoms with van der Waals surface area (Å²) in [5.74, 6) is -3.83. The molecule has 1 aliphatic rings. The highest BCUT2D eigenvalue weighted by Gasteiger charge is 2.20. The molecule has 0 aliphatic heterocycles. The van der Waals surface area contributed by atoms with Crippen molar-refractivity contribution in [2.45, 2.75) is 25.4 Å².